The number of aryl methyl sites for hydroxylation is 2. The van der Waals surface area contributed by atoms with Crippen LogP contribution in [0, 0.1) is 20.8 Å². The molecule has 7 heteroatoms. The van der Waals surface area contributed by atoms with Gasteiger partial charge in [-0.1, -0.05) is 23.7 Å². The molecule has 3 rings (SSSR count). The van der Waals surface area contributed by atoms with Gasteiger partial charge in [0.25, 0.3) is 0 Å². The minimum absolute atomic E-state index is 0.472. The molecule has 2 aromatic carbocycles. The molecule has 2 N–H and O–H groups in total. The summed E-state index contributed by atoms with van der Waals surface area (Å²) >= 11 is 5.80. The van der Waals surface area contributed by atoms with Crippen LogP contribution in [0.15, 0.2) is 59.7 Å². The van der Waals surface area contributed by atoms with Crippen molar-refractivity contribution in [2.75, 3.05) is 5.32 Å². The van der Waals surface area contributed by atoms with Gasteiger partial charge in [-0.3, -0.25) is 9.59 Å². The van der Waals surface area contributed by atoms with E-state index in [0.717, 1.165) is 22.6 Å². The fraction of sp³-hybridized carbons (Fsp3) is 0.136. The number of anilines is 1. The quantitative estimate of drug-likeness (QED) is 0.386. The van der Waals surface area contributed by atoms with Crippen LogP contribution in [0.2, 0.25) is 5.02 Å². The van der Waals surface area contributed by atoms with Crippen LogP contribution in [0.1, 0.15) is 22.5 Å². The lowest BCUT2D eigenvalue weighted by molar-refractivity contribution is -0.136. The first-order valence-corrected chi connectivity index (χ1v) is 9.39. The standard InChI is InChI=1S/C22H21ClN4O2/c1-14-5-4-6-20(11-14)27-15(2)12-17(16(27)3)13-24-26-22(29)21(28)25-19-9-7-18(23)8-10-19/h4-13H,1-3H3,(H,25,28)(H,26,29)/b24-13-. The molecule has 0 atom stereocenters. The van der Waals surface area contributed by atoms with Crippen LogP contribution in [0.5, 0.6) is 0 Å². The Hall–Kier alpha value is -3.38. The molecule has 0 saturated carbocycles. The second-order valence-corrected chi connectivity index (χ2v) is 7.10. The third-order valence-corrected chi connectivity index (χ3v) is 4.66. The van der Waals surface area contributed by atoms with E-state index in [0.29, 0.717) is 10.7 Å². The zero-order valence-electron chi connectivity index (χ0n) is 16.4. The number of hydrogen-bond acceptors (Lipinski definition) is 3. The molecule has 0 aliphatic rings. The number of nitrogens with one attached hydrogen (secondary N) is 2. The van der Waals surface area contributed by atoms with Gasteiger partial charge >= 0.3 is 11.8 Å². The molecule has 6 nitrogen and oxygen atoms in total. The lowest BCUT2D eigenvalue weighted by Crippen LogP contribution is -2.32. The second kappa shape index (κ2) is 8.75. The van der Waals surface area contributed by atoms with Gasteiger partial charge in [0.1, 0.15) is 0 Å². The molecule has 1 aromatic heterocycles. The molecule has 148 valence electrons. The molecule has 0 fully saturated rings. The number of halogens is 1. The Morgan fingerprint density at radius 3 is 2.41 bits per heavy atom. The van der Waals surface area contributed by atoms with Crippen LogP contribution in [0.25, 0.3) is 5.69 Å². The third kappa shape index (κ3) is 4.92. The van der Waals surface area contributed by atoms with Crippen molar-refractivity contribution in [1.29, 1.82) is 0 Å². The van der Waals surface area contributed by atoms with Gasteiger partial charge in [-0.2, -0.15) is 5.10 Å². The van der Waals surface area contributed by atoms with Crippen LogP contribution in [-0.2, 0) is 9.59 Å². The molecule has 0 aliphatic carbocycles. The average Bonchev–Trinajstić information content (AvgIpc) is 2.97. The van der Waals surface area contributed by atoms with Crippen molar-refractivity contribution >= 4 is 35.3 Å². The first-order chi connectivity index (χ1) is 13.8. The SMILES string of the molecule is Cc1cccc(-n2c(C)cc(/C=N\NC(=O)C(=O)Nc3ccc(Cl)cc3)c2C)c1. The smallest absolute Gasteiger partial charge is 0.318 e. The Bertz CT molecular complexity index is 1080. The first kappa shape index (κ1) is 20.4. The maximum atomic E-state index is 12.0. The topological polar surface area (TPSA) is 75.5 Å². The van der Waals surface area contributed by atoms with E-state index in [4.69, 9.17) is 11.6 Å². The minimum Gasteiger partial charge on any atom is -0.318 e. The summed E-state index contributed by atoms with van der Waals surface area (Å²) in [5.41, 5.74) is 7.83. The zero-order valence-corrected chi connectivity index (χ0v) is 17.1. The van der Waals surface area contributed by atoms with Crippen LogP contribution >= 0.6 is 11.6 Å². The van der Waals surface area contributed by atoms with Gasteiger partial charge in [0.15, 0.2) is 0 Å². The van der Waals surface area contributed by atoms with Crippen molar-refractivity contribution in [3.63, 3.8) is 0 Å². The monoisotopic (exact) mass is 408 g/mol. The van der Waals surface area contributed by atoms with Crippen molar-refractivity contribution in [3.05, 3.63) is 82.1 Å². The van der Waals surface area contributed by atoms with E-state index in [1.165, 1.54) is 11.8 Å². The highest BCUT2D eigenvalue weighted by Crippen LogP contribution is 2.20. The Balaban J connectivity index is 1.67. The average molecular weight is 409 g/mol. The molecule has 1 heterocycles. The van der Waals surface area contributed by atoms with Crippen LogP contribution in [-0.4, -0.2) is 22.6 Å². The number of carbonyl (C=O) groups excluding carboxylic acids is 2. The summed E-state index contributed by atoms with van der Waals surface area (Å²) in [6.07, 6.45) is 1.53. The molecule has 2 amide bonds. The summed E-state index contributed by atoms with van der Waals surface area (Å²) in [4.78, 5) is 23.9. The molecule has 0 radical (unpaired) electrons. The fourth-order valence-electron chi connectivity index (χ4n) is 3.01. The summed E-state index contributed by atoms with van der Waals surface area (Å²) in [5, 5.41) is 6.95. The van der Waals surface area contributed by atoms with E-state index >= 15 is 0 Å². The highest BCUT2D eigenvalue weighted by molar-refractivity contribution is 6.39. The normalized spacial score (nSPS) is 10.9. The number of nitrogens with zero attached hydrogens (tertiary/aromatic N) is 2. The summed E-state index contributed by atoms with van der Waals surface area (Å²) < 4.78 is 2.11. The van der Waals surface area contributed by atoms with Crippen LogP contribution in [0.4, 0.5) is 5.69 Å². The largest absolute Gasteiger partial charge is 0.329 e. The molecular weight excluding hydrogens is 388 g/mol. The minimum atomic E-state index is -0.858. The third-order valence-electron chi connectivity index (χ3n) is 4.41. The van der Waals surface area contributed by atoms with Crippen molar-refractivity contribution in [1.82, 2.24) is 9.99 Å². The molecule has 0 unspecified atom stereocenters. The summed E-state index contributed by atoms with van der Waals surface area (Å²) in [6, 6.07) is 16.6. The summed E-state index contributed by atoms with van der Waals surface area (Å²) in [6.45, 7) is 6.03. The van der Waals surface area contributed by atoms with Gasteiger partial charge in [0.05, 0.1) is 6.21 Å². The fourth-order valence-corrected chi connectivity index (χ4v) is 3.14. The first-order valence-electron chi connectivity index (χ1n) is 9.01. The maximum absolute atomic E-state index is 12.0. The number of rotatable bonds is 4. The van der Waals surface area contributed by atoms with Gasteiger partial charge in [-0.25, -0.2) is 5.43 Å². The molecule has 0 aliphatic heterocycles. The predicted octanol–water partition coefficient (Wildman–Crippen LogP) is 4.14. The highest BCUT2D eigenvalue weighted by Gasteiger charge is 2.13. The molecule has 3 aromatic rings. The van der Waals surface area contributed by atoms with Crippen LogP contribution < -0.4 is 10.7 Å². The molecular formula is C22H21ClN4O2. The van der Waals surface area contributed by atoms with Crippen molar-refractivity contribution in [2.45, 2.75) is 20.8 Å². The van der Waals surface area contributed by atoms with Gasteiger partial charge in [0.2, 0.25) is 0 Å². The number of carbonyl (C=O) groups is 2. The van der Waals surface area contributed by atoms with E-state index in [9.17, 15) is 9.59 Å². The number of benzene rings is 2. The molecule has 29 heavy (non-hydrogen) atoms. The highest BCUT2D eigenvalue weighted by atomic mass is 35.5. The Labute approximate surface area is 174 Å². The van der Waals surface area contributed by atoms with Gasteiger partial charge in [0, 0.05) is 33.3 Å². The summed E-state index contributed by atoms with van der Waals surface area (Å²) in [5.74, 6) is -1.67. The van der Waals surface area contributed by atoms with Crippen molar-refractivity contribution in [3.8, 4) is 5.69 Å². The van der Waals surface area contributed by atoms with Gasteiger partial charge < -0.3 is 9.88 Å². The maximum Gasteiger partial charge on any atom is 0.329 e. The van der Waals surface area contributed by atoms with E-state index < -0.39 is 11.8 Å². The van der Waals surface area contributed by atoms with E-state index in [1.807, 2.05) is 45.0 Å². The van der Waals surface area contributed by atoms with E-state index in [2.05, 4.69) is 26.5 Å². The van der Waals surface area contributed by atoms with Crippen LogP contribution in [0.3, 0.4) is 0 Å². The molecule has 0 spiro atoms. The van der Waals surface area contributed by atoms with E-state index in [-0.39, 0.29) is 0 Å². The Morgan fingerprint density at radius 2 is 1.72 bits per heavy atom. The number of hydrazone groups is 1. The zero-order chi connectivity index (χ0) is 21.0. The van der Waals surface area contributed by atoms with E-state index in [1.54, 1.807) is 24.3 Å². The van der Waals surface area contributed by atoms with Crippen molar-refractivity contribution < 1.29 is 9.59 Å². The lowest BCUT2D eigenvalue weighted by atomic mass is 10.2. The van der Waals surface area contributed by atoms with Gasteiger partial charge in [-0.15, -0.1) is 0 Å². The number of aromatic nitrogens is 1. The predicted molar refractivity (Wildman–Crippen MR) is 116 cm³/mol. The number of amides is 2. The summed E-state index contributed by atoms with van der Waals surface area (Å²) in [7, 11) is 0. The molecule has 0 saturated heterocycles. The Kier molecular flexibility index (Phi) is 6.14. The Morgan fingerprint density at radius 1 is 1.00 bits per heavy atom. The lowest BCUT2D eigenvalue weighted by Gasteiger charge is -2.10. The van der Waals surface area contributed by atoms with Gasteiger partial charge in [-0.05, 0) is 68.8 Å². The van der Waals surface area contributed by atoms with Crippen molar-refractivity contribution in [2.24, 2.45) is 5.10 Å². The second-order valence-electron chi connectivity index (χ2n) is 6.66. The molecule has 0 bridgehead atoms. The number of hydrogen-bond donors (Lipinski definition) is 2.